The fourth-order valence-corrected chi connectivity index (χ4v) is 3.71. The van der Waals surface area contributed by atoms with Gasteiger partial charge in [-0.05, 0) is 19.4 Å². The third-order valence-electron chi connectivity index (χ3n) is 4.85. The van der Waals surface area contributed by atoms with Gasteiger partial charge < -0.3 is 10.2 Å². The summed E-state index contributed by atoms with van der Waals surface area (Å²) in [6.07, 6.45) is 2.42. The van der Waals surface area contributed by atoms with Crippen molar-refractivity contribution < 1.29 is 24.2 Å². The van der Waals surface area contributed by atoms with Gasteiger partial charge in [-0.3, -0.25) is 14.7 Å². The Bertz CT molecular complexity index is 1010. The second-order valence-corrected chi connectivity index (χ2v) is 6.24. The van der Waals surface area contributed by atoms with Crippen LogP contribution in [-0.4, -0.2) is 46.9 Å². The van der Waals surface area contributed by atoms with E-state index in [1.165, 1.54) is 6.20 Å². The van der Waals surface area contributed by atoms with Gasteiger partial charge in [0.15, 0.2) is 11.1 Å². The summed E-state index contributed by atoms with van der Waals surface area (Å²) in [6.45, 7) is 1.66. The summed E-state index contributed by atoms with van der Waals surface area (Å²) < 4.78 is 14.8. The van der Waals surface area contributed by atoms with Crippen molar-refractivity contribution in [1.82, 2.24) is 24.8 Å². The number of rotatable bonds is 3. The zero-order valence-electron chi connectivity index (χ0n) is 12.9. The smallest absolute Gasteiger partial charge is 0.325 e. The Balaban J connectivity index is 2.16. The van der Waals surface area contributed by atoms with Gasteiger partial charge in [0.25, 0.3) is 0 Å². The van der Waals surface area contributed by atoms with E-state index in [1.807, 2.05) is 0 Å². The van der Waals surface area contributed by atoms with Crippen LogP contribution in [0.15, 0.2) is 24.5 Å². The summed E-state index contributed by atoms with van der Waals surface area (Å²) in [6, 6.07) is 2.71. The normalized spacial score (nSPS) is 21.4. The van der Waals surface area contributed by atoms with Gasteiger partial charge in [0.1, 0.15) is 0 Å². The van der Waals surface area contributed by atoms with Crippen molar-refractivity contribution in [3.63, 3.8) is 0 Å². The van der Waals surface area contributed by atoms with Crippen LogP contribution in [0.25, 0.3) is 5.65 Å². The van der Waals surface area contributed by atoms with Crippen LogP contribution in [0.3, 0.4) is 0 Å². The minimum absolute atomic E-state index is 0.0337. The third-order valence-corrected chi connectivity index (χ3v) is 4.85. The van der Waals surface area contributed by atoms with E-state index in [4.69, 9.17) is 0 Å². The first-order valence-electron chi connectivity index (χ1n) is 7.33. The molecule has 0 radical (unpaired) electrons. The average molecular weight is 345 g/mol. The Morgan fingerprint density at radius 3 is 2.68 bits per heavy atom. The molecular weight excluding hydrogens is 333 g/mol. The molecule has 1 aliphatic rings. The summed E-state index contributed by atoms with van der Waals surface area (Å²) in [4.78, 5) is 28.0. The number of nitrogens with one attached hydrogen (secondary N) is 1. The number of aliphatic carboxylic acids is 2. The van der Waals surface area contributed by atoms with Crippen LogP contribution in [-0.2, 0) is 20.4 Å². The zero-order valence-corrected chi connectivity index (χ0v) is 12.9. The number of hydrogen-bond acceptors (Lipinski definition) is 5. The summed E-state index contributed by atoms with van der Waals surface area (Å²) in [7, 11) is 0. The van der Waals surface area contributed by atoms with E-state index >= 15 is 0 Å². The molecule has 0 saturated carbocycles. The van der Waals surface area contributed by atoms with E-state index in [2.05, 4.69) is 20.3 Å². The molecule has 0 spiro atoms. The Hall–Kier alpha value is -3.30. The Labute approximate surface area is 139 Å². The van der Waals surface area contributed by atoms with Crippen LogP contribution < -0.4 is 0 Å². The molecule has 0 saturated heterocycles. The second kappa shape index (κ2) is 4.62. The monoisotopic (exact) mass is 345 g/mol. The quantitative estimate of drug-likeness (QED) is 0.595. The summed E-state index contributed by atoms with van der Waals surface area (Å²) in [5.74, 6) is -3.84. The first-order valence-corrected chi connectivity index (χ1v) is 7.33. The maximum Gasteiger partial charge on any atom is 0.325 e. The molecule has 3 aromatic rings. The van der Waals surface area contributed by atoms with Crippen molar-refractivity contribution in [2.75, 3.05) is 0 Å². The van der Waals surface area contributed by atoms with Crippen LogP contribution in [0.1, 0.15) is 30.3 Å². The van der Waals surface area contributed by atoms with Gasteiger partial charge in [-0.1, -0.05) is 0 Å². The number of H-pyrrole nitrogens is 1. The molecule has 25 heavy (non-hydrogen) atoms. The van der Waals surface area contributed by atoms with Gasteiger partial charge in [-0.25, -0.2) is 9.50 Å². The third kappa shape index (κ3) is 1.73. The number of carboxylic acid groups (broad SMARTS) is 2. The number of aromatic amines is 1. The van der Waals surface area contributed by atoms with Crippen molar-refractivity contribution in [3.05, 3.63) is 47.4 Å². The highest BCUT2D eigenvalue weighted by Gasteiger charge is 2.62. The van der Waals surface area contributed by atoms with Crippen molar-refractivity contribution in [2.45, 2.75) is 24.2 Å². The molecule has 3 N–H and O–H groups in total. The number of nitrogens with zero attached hydrogens (tertiary/aromatic N) is 4. The predicted octanol–water partition coefficient (Wildman–Crippen LogP) is 0.708. The number of fused-ring (bicyclic) bond motifs is 3. The topological polar surface area (TPSA) is 133 Å². The lowest BCUT2D eigenvalue weighted by atomic mass is 9.76. The van der Waals surface area contributed by atoms with Crippen LogP contribution in [0.4, 0.5) is 4.39 Å². The second-order valence-electron chi connectivity index (χ2n) is 6.24. The highest BCUT2D eigenvalue weighted by atomic mass is 19.1. The predicted molar refractivity (Wildman–Crippen MR) is 79.6 cm³/mol. The lowest BCUT2D eigenvalue weighted by Gasteiger charge is -2.25. The molecule has 0 unspecified atom stereocenters. The number of carboxylic acids is 2. The maximum atomic E-state index is 13.7. The standard InChI is InChI=1S/C15H12FN5O4/c1-14(8-2-3-18-19-8)6-15(12(22)23,13(24)25)7-5-17-10-4-9(16)20-21(10)11(7)14/h2-5H,6H2,1H3,(H,18,19)(H,22,23)(H,24,25)/t14-/m1/s1. The summed E-state index contributed by atoms with van der Waals surface area (Å²) >= 11 is 0. The molecule has 10 heteroatoms. The molecule has 0 bridgehead atoms. The Morgan fingerprint density at radius 1 is 1.36 bits per heavy atom. The molecule has 3 heterocycles. The van der Waals surface area contributed by atoms with Gasteiger partial charge in [0.05, 0.1) is 16.8 Å². The summed E-state index contributed by atoms with van der Waals surface area (Å²) in [5.41, 5.74) is -2.55. The molecule has 3 aromatic heterocycles. The largest absolute Gasteiger partial charge is 0.480 e. The van der Waals surface area contributed by atoms with E-state index in [9.17, 15) is 24.2 Å². The molecule has 0 amide bonds. The maximum absolute atomic E-state index is 13.7. The van der Waals surface area contributed by atoms with Crippen molar-refractivity contribution in [1.29, 1.82) is 0 Å². The molecule has 0 fully saturated rings. The van der Waals surface area contributed by atoms with Crippen LogP contribution in [0, 0.1) is 5.95 Å². The Morgan fingerprint density at radius 2 is 2.08 bits per heavy atom. The molecule has 9 nitrogen and oxygen atoms in total. The van der Waals surface area contributed by atoms with Crippen LogP contribution >= 0.6 is 0 Å². The molecular formula is C15H12FN5O4. The highest BCUT2D eigenvalue weighted by Crippen LogP contribution is 2.52. The molecule has 0 aromatic carbocycles. The van der Waals surface area contributed by atoms with Crippen molar-refractivity contribution >= 4 is 17.6 Å². The van der Waals surface area contributed by atoms with E-state index in [0.29, 0.717) is 5.69 Å². The van der Waals surface area contributed by atoms with Gasteiger partial charge in [-0.15, -0.1) is 5.10 Å². The van der Waals surface area contributed by atoms with E-state index in [1.54, 1.807) is 19.2 Å². The molecule has 128 valence electrons. The fourth-order valence-electron chi connectivity index (χ4n) is 3.71. The van der Waals surface area contributed by atoms with Gasteiger partial charge in [0.2, 0.25) is 5.95 Å². The first kappa shape index (κ1) is 15.2. The lowest BCUT2D eigenvalue weighted by Crippen LogP contribution is -2.43. The molecule has 4 rings (SSSR count). The lowest BCUT2D eigenvalue weighted by molar-refractivity contribution is -0.158. The van der Waals surface area contributed by atoms with Crippen LogP contribution in [0.5, 0.6) is 0 Å². The molecule has 1 atom stereocenters. The summed E-state index contributed by atoms with van der Waals surface area (Å²) in [5, 5.41) is 30.0. The SMILES string of the molecule is C[C@]1(c2cc[nH]n2)CC(C(=O)O)(C(=O)O)c2cnc3cc(F)nn3c21. The highest BCUT2D eigenvalue weighted by molar-refractivity contribution is 6.06. The zero-order chi connectivity index (χ0) is 18.0. The van der Waals surface area contributed by atoms with Crippen molar-refractivity contribution in [2.24, 2.45) is 0 Å². The van der Waals surface area contributed by atoms with Crippen LogP contribution in [0.2, 0.25) is 0 Å². The van der Waals surface area contributed by atoms with Gasteiger partial charge >= 0.3 is 11.9 Å². The van der Waals surface area contributed by atoms with Gasteiger partial charge in [0, 0.05) is 24.0 Å². The average Bonchev–Trinajstić information content (AvgIpc) is 3.23. The fraction of sp³-hybridized carbons (Fsp3) is 0.267. The van der Waals surface area contributed by atoms with E-state index in [0.717, 1.165) is 10.6 Å². The Kier molecular flexibility index (Phi) is 2.82. The number of halogens is 1. The minimum Gasteiger partial charge on any atom is -0.480 e. The molecule has 1 aliphatic carbocycles. The van der Waals surface area contributed by atoms with E-state index in [-0.39, 0.29) is 23.3 Å². The number of aromatic nitrogens is 5. The minimum atomic E-state index is -2.23. The first-order chi connectivity index (χ1) is 11.8. The van der Waals surface area contributed by atoms with Crippen molar-refractivity contribution in [3.8, 4) is 0 Å². The number of carbonyl (C=O) groups is 2. The van der Waals surface area contributed by atoms with E-state index < -0.39 is 28.7 Å². The van der Waals surface area contributed by atoms with Gasteiger partial charge in [-0.2, -0.15) is 9.49 Å². The molecule has 0 aliphatic heterocycles. The number of hydrogen-bond donors (Lipinski definition) is 3.